The van der Waals surface area contributed by atoms with Crippen molar-refractivity contribution in [2.75, 3.05) is 13.1 Å². The van der Waals surface area contributed by atoms with Crippen LogP contribution in [-0.2, 0) is 33.6 Å². The number of amides is 2. The van der Waals surface area contributed by atoms with Crippen molar-refractivity contribution in [3.8, 4) is 0 Å². The normalized spacial score (nSPS) is 15.4. The Morgan fingerprint density at radius 3 is 2.14 bits per heavy atom. The second-order valence-corrected chi connectivity index (χ2v) is 21.4. The lowest BCUT2D eigenvalue weighted by atomic mass is 10.0. The maximum absolute atomic E-state index is 12.8. The fraction of sp³-hybridized carbons (Fsp3) is 0.649. The largest absolute Gasteiger partial charge is 0.444 e. The van der Waals surface area contributed by atoms with Crippen LogP contribution in [0, 0.1) is 13.8 Å². The molecule has 0 aromatic carbocycles. The summed E-state index contributed by atoms with van der Waals surface area (Å²) < 4.78 is 17.6. The summed E-state index contributed by atoms with van der Waals surface area (Å²) in [5.41, 5.74) is 3.96. The Balaban J connectivity index is 1.87. The summed E-state index contributed by atoms with van der Waals surface area (Å²) in [5, 5.41) is 2.82. The number of likely N-dealkylation sites (tertiary alicyclic amines) is 1. The summed E-state index contributed by atoms with van der Waals surface area (Å²) in [4.78, 5) is 43.8. The van der Waals surface area contributed by atoms with Crippen LogP contribution in [0.3, 0.4) is 0 Å². The predicted molar refractivity (Wildman–Crippen MR) is 197 cm³/mol. The molecule has 12 heteroatoms. The molecule has 0 saturated carbocycles. The Hall–Kier alpha value is -3.35. The lowest BCUT2D eigenvalue weighted by Crippen LogP contribution is -2.52. The number of nitrogens with one attached hydrogen (secondary N) is 1. The molecule has 49 heavy (non-hydrogen) atoms. The zero-order valence-electron chi connectivity index (χ0n) is 32.2. The number of pyridine rings is 2. The molecule has 2 aromatic rings. The number of aryl methyl sites for hydroxylation is 2. The van der Waals surface area contributed by atoms with Crippen molar-refractivity contribution in [1.29, 1.82) is 0 Å². The van der Waals surface area contributed by atoms with Gasteiger partial charge in [0.25, 0.3) is 0 Å². The second-order valence-electron chi connectivity index (χ2n) is 16.6. The average Bonchev–Trinajstić information content (AvgIpc) is 2.95. The molecule has 3 heterocycles. The number of nitrogens with zero attached hydrogens (tertiary/aromatic N) is 5. The molecule has 0 atom stereocenters. The first-order valence-corrected chi connectivity index (χ1v) is 20.2. The molecule has 1 aliphatic rings. The Bertz CT molecular complexity index is 1470. The lowest BCUT2D eigenvalue weighted by Gasteiger charge is -2.40. The van der Waals surface area contributed by atoms with Gasteiger partial charge in [-0.3, -0.25) is 20.2 Å². The minimum Gasteiger partial charge on any atom is -0.444 e. The first-order chi connectivity index (χ1) is 22.5. The van der Waals surface area contributed by atoms with E-state index in [9.17, 15) is 9.59 Å². The average molecular weight is 697 g/mol. The highest BCUT2D eigenvalue weighted by molar-refractivity contribution is 6.74. The van der Waals surface area contributed by atoms with Crippen LogP contribution in [-0.4, -0.2) is 76.6 Å². The molecule has 2 aromatic heterocycles. The molecule has 2 amide bonds. The number of aromatic nitrogens is 2. The first kappa shape index (κ1) is 40.1. The Morgan fingerprint density at radius 1 is 0.959 bits per heavy atom. The van der Waals surface area contributed by atoms with Crippen molar-refractivity contribution in [2.24, 2.45) is 4.99 Å². The zero-order valence-corrected chi connectivity index (χ0v) is 33.2. The van der Waals surface area contributed by atoms with Gasteiger partial charge in [0.2, 0.25) is 5.96 Å². The van der Waals surface area contributed by atoms with Crippen molar-refractivity contribution < 1.29 is 23.5 Å². The van der Waals surface area contributed by atoms with Crippen LogP contribution in [0.5, 0.6) is 0 Å². The maximum Gasteiger partial charge on any atom is 0.437 e. The number of carbonyl (C=O) groups excluding carboxylic acids is 2. The van der Waals surface area contributed by atoms with Crippen molar-refractivity contribution in [2.45, 2.75) is 144 Å². The van der Waals surface area contributed by atoms with E-state index >= 15 is 0 Å². The van der Waals surface area contributed by atoms with Crippen LogP contribution in [0.1, 0.15) is 103 Å². The highest BCUT2D eigenvalue weighted by Crippen LogP contribution is 2.37. The van der Waals surface area contributed by atoms with E-state index in [2.05, 4.69) is 75.1 Å². The Morgan fingerprint density at radius 2 is 1.57 bits per heavy atom. The zero-order chi connectivity index (χ0) is 36.8. The van der Waals surface area contributed by atoms with E-state index in [-0.39, 0.29) is 17.0 Å². The number of ether oxygens (including phenoxy) is 2. The molecule has 0 unspecified atom stereocenters. The summed E-state index contributed by atoms with van der Waals surface area (Å²) in [7, 11) is -1.97. The number of alkyl carbamates (subject to hydrolysis) is 1. The Kier molecular flexibility index (Phi) is 13.2. The number of aliphatic imine (C=N–C) groups is 1. The number of hydrogen-bond acceptors (Lipinski definition) is 8. The van der Waals surface area contributed by atoms with Crippen LogP contribution in [0.2, 0.25) is 18.1 Å². The van der Waals surface area contributed by atoms with E-state index in [1.807, 2.05) is 23.4 Å². The molecule has 1 aliphatic heterocycles. The molecule has 11 nitrogen and oxygen atoms in total. The van der Waals surface area contributed by atoms with E-state index in [0.29, 0.717) is 32.8 Å². The van der Waals surface area contributed by atoms with Crippen molar-refractivity contribution in [1.82, 2.24) is 25.1 Å². The monoisotopic (exact) mass is 696 g/mol. The highest BCUT2D eigenvalue weighted by atomic mass is 28.4. The van der Waals surface area contributed by atoms with E-state index in [0.717, 1.165) is 40.9 Å². The number of carbonyl (C=O) groups is 2. The molecule has 0 aliphatic carbocycles. The summed E-state index contributed by atoms with van der Waals surface area (Å²) >= 11 is 0. The van der Waals surface area contributed by atoms with Crippen LogP contribution in [0.15, 0.2) is 35.6 Å². The Labute approximate surface area is 295 Å². The fourth-order valence-corrected chi connectivity index (χ4v) is 6.16. The molecular weight excluding hydrogens is 637 g/mol. The minimum absolute atomic E-state index is 0.105. The number of piperidine rings is 1. The third kappa shape index (κ3) is 12.8. The van der Waals surface area contributed by atoms with Crippen molar-refractivity contribution in [3.63, 3.8) is 0 Å². The molecule has 1 saturated heterocycles. The van der Waals surface area contributed by atoms with E-state index in [4.69, 9.17) is 23.9 Å². The first-order valence-electron chi connectivity index (χ1n) is 17.3. The van der Waals surface area contributed by atoms with Gasteiger partial charge in [-0.2, -0.15) is 0 Å². The SMILES string of the molecule is Cc1cnc(CN(Cc2ncccc2CO[Si](C)(C)C(C)(C)C)C2CCN(/C(=N/C(=O)OC(C)(C)C)NC(=O)OC(C)(C)C)CC2)c(C)c1. The third-order valence-electron chi connectivity index (χ3n) is 8.89. The van der Waals surface area contributed by atoms with Gasteiger partial charge >= 0.3 is 12.2 Å². The maximum atomic E-state index is 12.8. The van der Waals surface area contributed by atoms with Gasteiger partial charge < -0.3 is 18.8 Å². The van der Waals surface area contributed by atoms with Crippen molar-refractivity contribution in [3.05, 3.63) is 58.7 Å². The smallest absolute Gasteiger partial charge is 0.437 e. The summed E-state index contributed by atoms with van der Waals surface area (Å²) in [5.74, 6) is 0.124. The number of hydrogen-bond donors (Lipinski definition) is 1. The van der Waals surface area contributed by atoms with Crippen LogP contribution >= 0.6 is 0 Å². The van der Waals surface area contributed by atoms with Gasteiger partial charge in [0, 0.05) is 44.6 Å². The third-order valence-corrected chi connectivity index (χ3v) is 13.4. The van der Waals surface area contributed by atoms with Gasteiger partial charge in [0.15, 0.2) is 8.32 Å². The molecule has 0 radical (unpaired) electrons. The highest BCUT2D eigenvalue weighted by Gasteiger charge is 2.37. The lowest BCUT2D eigenvalue weighted by molar-refractivity contribution is 0.0548. The fourth-order valence-electron chi connectivity index (χ4n) is 5.21. The summed E-state index contributed by atoms with van der Waals surface area (Å²) in [6.45, 7) is 29.1. The number of rotatable bonds is 8. The topological polar surface area (TPSA) is 118 Å². The van der Waals surface area contributed by atoms with Gasteiger partial charge in [0.1, 0.15) is 11.2 Å². The molecule has 0 bridgehead atoms. The predicted octanol–water partition coefficient (Wildman–Crippen LogP) is 7.90. The molecular formula is C37H60N6O5Si. The molecule has 1 fully saturated rings. The van der Waals surface area contributed by atoms with Gasteiger partial charge in [-0.1, -0.05) is 32.9 Å². The molecule has 3 rings (SSSR count). The van der Waals surface area contributed by atoms with E-state index < -0.39 is 31.7 Å². The van der Waals surface area contributed by atoms with Crippen LogP contribution in [0.4, 0.5) is 9.59 Å². The summed E-state index contributed by atoms with van der Waals surface area (Å²) in [6, 6.07) is 6.45. The van der Waals surface area contributed by atoms with Crippen LogP contribution in [0.25, 0.3) is 0 Å². The van der Waals surface area contributed by atoms with Gasteiger partial charge in [-0.25, -0.2) is 9.59 Å². The second kappa shape index (κ2) is 16.1. The van der Waals surface area contributed by atoms with Crippen LogP contribution < -0.4 is 5.32 Å². The summed E-state index contributed by atoms with van der Waals surface area (Å²) in [6.07, 6.45) is 3.84. The van der Waals surface area contributed by atoms with Gasteiger partial charge in [0.05, 0.1) is 18.0 Å². The molecule has 1 N–H and O–H groups in total. The minimum atomic E-state index is -1.97. The van der Waals surface area contributed by atoms with Crippen molar-refractivity contribution >= 4 is 26.5 Å². The van der Waals surface area contributed by atoms with Gasteiger partial charge in [-0.15, -0.1) is 4.99 Å². The van der Waals surface area contributed by atoms with E-state index in [1.54, 1.807) is 41.5 Å². The number of guanidine groups is 1. The van der Waals surface area contributed by atoms with E-state index in [1.165, 1.54) is 0 Å². The molecule has 272 valence electrons. The molecule has 0 spiro atoms. The standard InChI is InChI=1S/C37H60N6O5Si/c1-26-21-27(2)30(39-22-26)23-43(24-31-28(15-14-18-38-31)25-46-49(12,13)37(9,10)11)29-16-19-42(20-17-29)32(40-33(44)47-35(3,4)5)41-34(45)48-36(6,7)8/h14-15,18,21-22,29H,16-17,19-20,23-25H2,1-13H3,(H,40,41,44,45). The quantitative estimate of drug-likeness (QED) is 0.167. The van der Waals surface area contributed by atoms with Gasteiger partial charge in [-0.05, 0) is 109 Å².